The Morgan fingerprint density at radius 3 is 2.47 bits per heavy atom. The second-order valence-electron chi connectivity index (χ2n) is 9.32. The zero-order chi connectivity index (χ0) is 26.2. The Balaban J connectivity index is 1.49. The summed E-state index contributed by atoms with van der Waals surface area (Å²) >= 11 is 0. The Hall–Kier alpha value is -2.58. The van der Waals surface area contributed by atoms with Crippen LogP contribution in [-0.2, 0) is 35.0 Å². The largest absolute Gasteiger partial charge is 0.508 e. The molecule has 1 saturated carbocycles. The molecule has 2 heterocycles. The van der Waals surface area contributed by atoms with Crippen molar-refractivity contribution >= 4 is 11.8 Å². The van der Waals surface area contributed by atoms with Crippen LogP contribution in [0.5, 0.6) is 5.75 Å². The van der Waals surface area contributed by atoms with Gasteiger partial charge in [0.2, 0.25) is 6.29 Å². The number of ether oxygens (including phenoxy) is 4. The van der Waals surface area contributed by atoms with Crippen LogP contribution < -0.4 is 0 Å². The van der Waals surface area contributed by atoms with Gasteiger partial charge < -0.3 is 49.6 Å². The highest BCUT2D eigenvalue weighted by Gasteiger charge is 2.63. The van der Waals surface area contributed by atoms with Gasteiger partial charge in [-0.1, -0.05) is 19.1 Å². The van der Waals surface area contributed by atoms with E-state index >= 15 is 0 Å². The van der Waals surface area contributed by atoms with Crippen molar-refractivity contribution in [1.29, 1.82) is 0 Å². The quantitative estimate of drug-likeness (QED) is 0.233. The average Bonchev–Trinajstić information content (AvgIpc) is 3.09. The summed E-state index contributed by atoms with van der Waals surface area (Å²) in [7, 11) is 0. The van der Waals surface area contributed by atoms with Crippen LogP contribution in [0.1, 0.15) is 18.9 Å². The van der Waals surface area contributed by atoms with E-state index < -0.39 is 72.8 Å². The molecule has 0 bridgehead atoms. The van der Waals surface area contributed by atoms with E-state index in [0.717, 1.165) is 11.8 Å². The van der Waals surface area contributed by atoms with Crippen LogP contribution in [0.15, 0.2) is 36.1 Å². The number of hydrogen-bond acceptors (Lipinski definition) is 12. The average molecular weight is 510 g/mol. The third kappa shape index (κ3) is 4.73. The van der Waals surface area contributed by atoms with Crippen LogP contribution in [0.2, 0.25) is 0 Å². The maximum atomic E-state index is 12.9. The Kier molecular flexibility index (Phi) is 7.67. The summed E-state index contributed by atoms with van der Waals surface area (Å²) < 4.78 is 21.8. The molecule has 3 aliphatic rings. The van der Waals surface area contributed by atoms with Crippen molar-refractivity contribution in [3.63, 3.8) is 0 Å². The first-order chi connectivity index (χ1) is 17.1. The first-order valence-electron chi connectivity index (χ1n) is 11.6. The summed E-state index contributed by atoms with van der Waals surface area (Å²) in [5.74, 6) is -3.07. The highest BCUT2D eigenvalue weighted by molar-refractivity contribution is 6.04. The highest BCUT2D eigenvalue weighted by Crippen LogP contribution is 2.48. The van der Waals surface area contributed by atoms with E-state index in [1.165, 1.54) is 12.1 Å². The van der Waals surface area contributed by atoms with Crippen molar-refractivity contribution in [1.82, 2.24) is 0 Å². The van der Waals surface area contributed by atoms with Crippen LogP contribution in [0.4, 0.5) is 0 Å². The van der Waals surface area contributed by atoms with Gasteiger partial charge in [-0.2, -0.15) is 0 Å². The van der Waals surface area contributed by atoms with Gasteiger partial charge in [0.05, 0.1) is 19.1 Å². The lowest BCUT2D eigenvalue weighted by atomic mass is 9.78. The number of hydrogen-bond donors (Lipinski definition) is 6. The molecular formula is C24H30O12. The summed E-state index contributed by atoms with van der Waals surface area (Å²) in [5, 5.41) is 60.5. The maximum Gasteiger partial charge on any atom is 0.340 e. The van der Waals surface area contributed by atoms with E-state index in [0.29, 0.717) is 6.42 Å². The van der Waals surface area contributed by atoms with Crippen molar-refractivity contribution in [2.45, 2.75) is 62.4 Å². The van der Waals surface area contributed by atoms with E-state index in [4.69, 9.17) is 18.9 Å². The molecule has 198 valence electrons. The number of Topliss-reactive ketones (excluding diaryl/α,β-unsaturated/α-hetero) is 1. The molecule has 1 unspecified atom stereocenters. The molecular weight excluding hydrogens is 480 g/mol. The second kappa shape index (κ2) is 10.4. The zero-order valence-electron chi connectivity index (χ0n) is 19.5. The van der Waals surface area contributed by atoms with Gasteiger partial charge >= 0.3 is 5.97 Å². The monoisotopic (exact) mass is 510 g/mol. The molecule has 2 aliphatic heterocycles. The summed E-state index contributed by atoms with van der Waals surface area (Å²) in [6.45, 7) is 0.932. The van der Waals surface area contributed by atoms with Crippen molar-refractivity contribution in [3.05, 3.63) is 41.7 Å². The van der Waals surface area contributed by atoms with Crippen molar-refractivity contribution in [2.24, 2.45) is 11.8 Å². The van der Waals surface area contributed by atoms with E-state index in [2.05, 4.69) is 0 Å². The number of carbonyl (C=O) groups is 2. The van der Waals surface area contributed by atoms with Gasteiger partial charge in [-0.05, 0) is 23.6 Å². The highest BCUT2D eigenvalue weighted by atomic mass is 16.8. The number of aromatic hydroxyl groups is 1. The van der Waals surface area contributed by atoms with Crippen LogP contribution >= 0.6 is 0 Å². The van der Waals surface area contributed by atoms with E-state index in [9.17, 15) is 40.2 Å². The maximum absolute atomic E-state index is 12.9. The van der Waals surface area contributed by atoms with Crippen molar-refractivity contribution in [2.75, 3.05) is 13.2 Å². The molecule has 4 rings (SSSR count). The van der Waals surface area contributed by atoms with Crippen molar-refractivity contribution in [3.8, 4) is 5.75 Å². The number of benzene rings is 1. The second-order valence-corrected chi connectivity index (χ2v) is 9.32. The number of aliphatic hydroxyl groups is 5. The van der Waals surface area contributed by atoms with Crippen LogP contribution in [0, 0.1) is 11.8 Å². The van der Waals surface area contributed by atoms with Gasteiger partial charge in [0, 0.05) is 12.8 Å². The lowest BCUT2D eigenvalue weighted by Crippen LogP contribution is -2.61. The summed E-state index contributed by atoms with van der Waals surface area (Å²) in [5.41, 5.74) is -1.88. The fraction of sp³-hybridized carbons (Fsp3) is 0.583. The summed E-state index contributed by atoms with van der Waals surface area (Å²) in [6.07, 6.45) is -8.05. The Morgan fingerprint density at radius 1 is 1.11 bits per heavy atom. The molecule has 1 aromatic carbocycles. The zero-order valence-corrected chi connectivity index (χ0v) is 19.5. The molecule has 12 heteroatoms. The number of aliphatic hydroxyl groups excluding tert-OH is 4. The molecule has 0 spiro atoms. The summed E-state index contributed by atoms with van der Waals surface area (Å²) in [4.78, 5) is 25.7. The fourth-order valence-corrected chi connectivity index (χ4v) is 4.91. The molecule has 0 amide bonds. The molecule has 12 nitrogen and oxygen atoms in total. The minimum absolute atomic E-state index is 0.0593. The molecule has 9 atom stereocenters. The predicted octanol–water partition coefficient (Wildman–Crippen LogP) is -1.51. The van der Waals surface area contributed by atoms with Crippen LogP contribution in [-0.4, -0.2) is 98.2 Å². The molecule has 1 aromatic rings. The van der Waals surface area contributed by atoms with E-state index in [1.54, 1.807) is 19.1 Å². The SMILES string of the molecule is CC1CC(=O)[C@]2(O)C(C(=O)OCCc3ccc(O)cc3)=CO[C@@H](O[C@@H]3O[C@H](CO)[C@@H](O)[C@H](O)[C@H]3O)[C@H]12. The molecule has 1 aliphatic carbocycles. The molecule has 6 N–H and O–H groups in total. The number of phenolic OH excluding ortho intramolecular Hbond substituents is 1. The smallest absolute Gasteiger partial charge is 0.340 e. The minimum atomic E-state index is -2.29. The van der Waals surface area contributed by atoms with Gasteiger partial charge in [0.25, 0.3) is 0 Å². The molecule has 0 radical (unpaired) electrons. The number of phenols is 1. The normalized spacial score (nSPS) is 38.2. The van der Waals surface area contributed by atoms with E-state index in [1.807, 2.05) is 0 Å². The summed E-state index contributed by atoms with van der Waals surface area (Å²) in [6, 6.07) is 6.32. The number of rotatable bonds is 7. The van der Waals surface area contributed by atoms with Crippen LogP contribution in [0.25, 0.3) is 0 Å². The Bertz CT molecular complexity index is 991. The van der Waals surface area contributed by atoms with Gasteiger partial charge in [-0.15, -0.1) is 0 Å². The predicted molar refractivity (Wildman–Crippen MR) is 118 cm³/mol. The Morgan fingerprint density at radius 2 is 1.81 bits per heavy atom. The lowest BCUT2D eigenvalue weighted by Gasteiger charge is -2.44. The third-order valence-corrected chi connectivity index (χ3v) is 6.95. The van der Waals surface area contributed by atoms with Crippen molar-refractivity contribution < 1.29 is 59.2 Å². The van der Waals surface area contributed by atoms with Gasteiger partial charge in [-0.3, -0.25) is 4.79 Å². The topological polar surface area (TPSA) is 192 Å². The molecule has 1 saturated heterocycles. The Labute approximate surface area is 206 Å². The van der Waals surface area contributed by atoms with Gasteiger partial charge in [-0.25, -0.2) is 4.79 Å². The number of ketones is 1. The van der Waals surface area contributed by atoms with Gasteiger partial charge in [0.1, 0.15) is 42.0 Å². The number of carbonyl (C=O) groups excluding carboxylic acids is 2. The third-order valence-electron chi connectivity index (χ3n) is 6.95. The van der Waals surface area contributed by atoms with Crippen LogP contribution in [0.3, 0.4) is 0 Å². The minimum Gasteiger partial charge on any atom is -0.508 e. The standard InChI is InChI=1S/C24H30O12/c1-11-8-16(27)24(32)14(21(31)33-7-6-12-2-4-13(26)5-3-12)10-34-22(17(11)24)36-23-20(30)19(29)18(28)15(9-25)35-23/h2-5,10-11,15,17-20,22-23,25-26,28-30,32H,6-9H2,1H3/t11?,15-,17+,18-,19+,20-,22+,23+,24-/m1/s1. The molecule has 2 fully saturated rings. The first-order valence-corrected chi connectivity index (χ1v) is 11.6. The molecule has 36 heavy (non-hydrogen) atoms. The lowest BCUT2D eigenvalue weighted by molar-refractivity contribution is -0.346. The number of fused-ring (bicyclic) bond motifs is 1. The van der Waals surface area contributed by atoms with Gasteiger partial charge in [0.15, 0.2) is 17.7 Å². The molecule has 0 aromatic heterocycles. The first kappa shape index (κ1) is 26.5. The van der Waals surface area contributed by atoms with E-state index in [-0.39, 0.29) is 24.4 Å². The fourth-order valence-electron chi connectivity index (χ4n) is 4.91. The number of esters is 1.